The zero-order chi connectivity index (χ0) is 12.5. The lowest BCUT2D eigenvalue weighted by Gasteiger charge is -2.12. The highest BCUT2D eigenvalue weighted by atomic mass is 16.5. The van der Waals surface area contributed by atoms with Crippen LogP contribution in [0.15, 0.2) is 12.4 Å². The average Bonchev–Trinajstić information content (AvgIpc) is 2.32. The fraction of sp³-hybridized carbons (Fsp3) is 0.667. The van der Waals surface area contributed by atoms with Gasteiger partial charge in [-0.1, -0.05) is 6.92 Å². The van der Waals surface area contributed by atoms with Gasteiger partial charge >= 0.3 is 0 Å². The summed E-state index contributed by atoms with van der Waals surface area (Å²) in [6.45, 7) is 6.34. The Balaban J connectivity index is 2.39. The molecule has 0 saturated heterocycles. The lowest BCUT2D eigenvalue weighted by Crippen LogP contribution is -2.19. The summed E-state index contributed by atoms with van der Waals surface area (Å²) in [4.78, 5) is 8.47. The summed E-state index contributed by atoms with van der Waals surface area (Å²) in [6, 6.07) is 0. The first-order valence-electron chi connectivity index (χ1n) is 5.93. The van der Waals surface area contributed by atoms with Gasteiger partial charge in [0.1, 0.15) is 6.10 Å². The summed E-state index contributed by atoms with van der Waals surface area (Å²) in [6.07, 6.45) is 4.48. The molecule has 5 nitrogen and oxygen atoms in total. The van der Waals surface area contributed by atoms with Crippen molar-refractivity contribution >= 4 is 0 Å². The van der Waals surface area contributed by atoms with Crippen LogP contribution in [-0.4, -0.2) is 36.3 Å². The number of nitrogens with one attached hydrogen (secondary N) is 1. The monoisotopic (exact) mass is 239 g/mol. The molecule has 0 saturated carbocycles. The SMILES string of the molecule is CCCNCc1cnc(OC(C)COC)cn1. The molecule has 1 aromatic heterocycles. The molecule has 0 amide bonds. The molecule has 1 heterocycles. The zero-order valence-corrected chi connectivity index (χ0v) is 10.8. The Labute approximate surface area is 103 Å². The molecule has 5 heteroatoms. The summed E-state index contributed by atoms with van der Waals surface area (Å²) >= 11 is 0. The predicted molar refractivity (Wildman–Crippen MR) is 66.0 cm³/mol. The van der Waals surface area contributed by atoms with E-state index in [-0.39, 0.29) is 6.10 Å². The molecule has 1 aromatic rings. The van der Waals surface area contributed by atoms with Crippen LogP contribution in [0, 0.1) is 0 Å². The molecule has 0 radical (unpaired) electrons. The van der Waals surface area contributed by atoms with E-state index in [1.807, 2.05) is 6.92 Å². The van der Waals surface area contributed by atoms with Crippen molar-refractivity contribution in [2.45, 2.75) is 32.9 Å². The minimum atomic E-state index is -0.0154. The van der Waals surface area contributed by atoms with E-state index in [9.17, 15) is 0 Å². The fourth-order valence-corrected chi connectivity index (χ4v) is 1.36. The maximum absolute atomic E-state index is 5.52. The Morgan fingerprint density at radius 1 is 1.35 bits per heavy atom. The van der Waals surface area contributed by atoms with Crippen LogP contribution in [0.4, 0.5) is 0 Å². The number of hydrogen-bond donors (Lipinski definition) is 1. The van der Waals surface area contributed by atoms with Crippen molar-refractivity contribution in [3.05, 3.63) is 18.1 Å². The van der Waals surface area contributed by atoms with Crippen LogP contribution in [0.2, 0.25) is 0 Å². The van der Waals surface area contributed by atoms with Crippen molar-refractivity contribution < 1.29 is 9.47 Å². The largest absolute Gasteiger partial charge is 0.471 e. The molecule has 0 aromatic carbocycles. The summed E-state index contributed by atoms with van der Waals surface area (Å²) in [5.41, 5.74) is 0.921. The molecule has 1 N–H and O–H groups in total. The molecule has 0 spiro atoms. The Kier molecular flexibility index (Phi) is 6.50. The molecule has 0 aliphatic heterocycles. The highest BCUT2D eigenvalue weighted by Crippen LogP contribution is 2.06. The summed E-state index contributed by atoms with van der Waals surface area (Å²) < 4.78 is 10.5. The molecular weight excluding hydrogens is 218 g/mol. The van der Waals surface area contributed by atoms with Crippen molar-refractivity contribution in [1.82, 2.24) is 15.3 Å². The summed E-state index contributed by atoms with van der Waals surface area (Å²) in [5, 5.41) is 3.27. The van der Waals surface area contributed by atoms with E-state index < -0.39 is 0 Å². The van der Waals surface area contributed by atoms with E-state index in [0.717, 1.165) is 25.2 Å². The first-order chi connectivity index (χ1) is 8.26. The second-order valence-corrected chi connectivity index (χ2v) is 3.91. The third-order valence-corrected chi connectivity index (χ3v) is 2.14. The number of aromatic nitrogens is 2. The van der Waals surface area contributed by atoms with E-state index in [1.54, 1.807) is 19.5 Å². The lowest BCUT2D eigenvalue weighted by molar-refractivity contribution is 0.0886. The van der Waals surface area contributed by atoms with Crippen LogP contribution in [0.1, 0.15) is 26.0 Å². The quantitative estimate of drug-likeness (QED) is 0.695. The van der Waals surface area contributed by atoms with Crippen molar-refractivity contribution in [1.29, 1.82) is 0 Å². The average molecular weight is 239 g/mol. The normalized spacial score (nSPS) is 12.4. The number of methoxy groups -OCH3 is 1. The van der Waals surface area contributed by atoms with E-state index in [1.165, 1.54) is 0 Å². The van der Waals surface area contributed by atoms with Gasteiger partial charge in [0.15, 0.2) is 0 Å². The Morgan fingerprint density at radius 3 is 2.76 bits per heavy atom. The van der Waals surface area contributed by atoms with Crippen molar-refractivity contribution in [2.24, 2.45) is 0 Å². The van der Waals surface area contributed by atoms with Gasteiger partial charge < -0.3 is 14.8 Å². The number of nitrogens with zero attached hydrogens (tertiary/aromatic N) is 2. The fourth-order valence-electron chi connectivity index (χ4n) is 1.36. The van der Waals surface area contributed by atoms with Gasteiger partial charge in [-0.3, -0.25) is 4.98 Å². The Bertz CT molecular complexity index is 303. The van der Waals surface area contributed by atoms with Gasteiger partial charge in [0.25, 0.3) is 0 Å². The molecule has 96 valence electrons. The van der Waals surface area contributed by atoms with Crippen molar-refractivity contribution in [3.8, 4) is 5.88 Å². The predicted octanol–water partition coefficient (Wildman–Crippen LogP) is 1.39. The smallest absolute Gasteiger partial charge is 0.232 e. The molecule has 0 aliphatic rings. The minimum absolute atomic E-state index is 0.0154. The second kappa shape index (κ2) is 7.97. The number of ether oxygens (including phenoxy) is 2. The molecule has 0 aliphatic carbocycles. The lowest BCUT2D eigenvalue weighted by atomic mass is 10.4. The van der Waals surface area contributed by atoms with Crippen molar-refractivity contribution in [2.75, 3.05) is 20.3 Å². The first-order valence-corrected chi connectivity index (χ1v) is 5.93. The Hall–Kier alpha value is -1.20. The molecule has 1 rings (SSSR count). The van der Waals surface area contributed by atoms with E-state index >= 15 is 0 Å². The molecule has 0 fully saturated rings. The van der Waals surface area contributed by atoms with Crippen LogP contribution >= 0.6 is 0 Å². The van der Waals surface area contributed by atoms with E-state index in [0.29, 0.717) is 12.5 Å². The first kappa shape index (κ1) is 13.9. The van der Waals surface area contributed by atoms with Crippen LogP contribution in [0.25, 0.3) is 0 Å². The van der Waals surface area contributed by atoms with Crippen molar-refractivity contribution in [3.63, 3.8) is 0 Å². The van der Waals surface area contributed by atoms with Gasteiger partial charge in [0.05, 0.1) is 24.7 Å². The second-order valence-electron chi connectivity index (χ2n) is 3.91. The van der Waals surface area contributed by atoms with Gasteiger partial charge in [0.2, 0.25) is 5.88 Å². The molecule has 1 atom stereocenters. The van der Waals surface area contributed by atoms with Gasteiger partial charge in [-0.2, -0.15) is 0 Å². The number of rotatable bonds is 8. The summed E-state index contributed by atoms with van der Waals surface area (Å²) in [7, 11) is 1.65. The maximum Gasteiger partial charge on any atom is 0.232 e. The minimum Gasteiger partial charge on any atom is -0.471 e. The zero-order valence-electron chi connectivity index (χ0n) is 10.8. The topological polar surface area (TPSA) is 56.3 Å². The maximum atomic E-state index is 5.52. The van der Waals surface area contributed by atoms with Crippen LogP contribution < -0.4 is 10.1 Å². The van der Waals surface area contributed by atoms with Gasteiger partial charge in [-0.05, 0) is 19.9 Å². The van der Waals surface area contributed by atoms with Gasteiger partial charge in [-0.15, -0.1) is 0 Å². The number of hydrogen-bond acceptors (Lipinski definition) is 5. The Morgan fingerprint density at radius 2 is 2.18 bits per heavy atom. The molecule has 17 heavy (non-hydrogen) atoms. The third-order valence-electron chi connectivity index (χ3n) is 2.14. The standard InChI is InChI=1S/C12H21N3O2/c1-4-5-13-6-11-7-15-12(8-14-11)17-10(2)9-16-3/h7-8,10,13H,4-6,9H2,1-3H3. The van der Waals surface area contributed by atoms with E-state index in [4.69, 9.17) is 9.47 Å². The van der Waals surface area contributed by atoms with E-state index in [2.05, 4.69) is 22.2 Å². The van der Waals surface area contributed by atoms with Gasteiger partial charge in [-0.25, -0.2) is 4.98 Å². The van der Waals surface area contributed by atoms with Gasteiger partial charge in [0, 0.05) is 13.7 Å². The van der Waals surface area contributed by atoms with Crippen LogP contribution in [-0.2, 0) is 11.3 Å². The molecular formula is C12H21N3O2. The van der Waals surface area contributed by atoms with Crippen LogP contribution in [0.5, 0.6) is 5.88 Å². The third kappa shape index (κ3) is 5.60. The molecule has 1 unspecified atom stereocenters. The summed E-state index contributed by atoms with van der Waals surface area (Å²) in [5.74, 6) is 0.536. The highest BCUT2D eigenvalue weighted by molar-refractivity contribution is 5.07. The molecule has 0 bridgehead atoms. The van der Waals surface area contributed by atoms with Crippen LogP contribution in [0.3, 0.4) is 0 Å². The highest BCUT2D eigenvalue weighted by Gasteiger charge is 2.04.